The number of aromatic nitrogens is 2. The monoisotopic (exact) mass is 768 g/mol. The molecular weight excluding hydrogens is 731 g/mol. The van der Waals surface area contributed by atoms with E-state index in [0.29, 0.717) is 18.1 Å². The molecule has 2 aliphatic heterocycles. The van der Waals surface area contributed by atoms with E-state index < -0.39 is 28.6 Å². The number of carbonyl (C=O) groups excluding carboxylic acids is 1. The summed E-state index contributed by atoms with van der Waals surface area (Å²) in [7, 11) is 2.21. The molecule has 0 radical (unpaired) electrons. The van der Waals surface area contributed by atoms with Crippen LogP contribution in [-0.2, 0) is 17.3 Å². The van der Waals surface area contributed by atoms with Crippen LogP contribution in [0.1, 0.15) is 50.2 Å². The van der Waals surface area contributed by atoms with Gasteiger partial charge in [-0.3, -0.25) is 4.90 Å². The molecule has 3 unspecified atom stereocenters. The highest BCUT2D eigenvalue weighted by molar-refractivity contribution is 6.31. The van der Waals surface area contributed by atoms with Gasteiger partial charge in [-0.05, 0) is 63.1 Å². The van der Waals surface area contributed by atoms with Gasteiger partial charge >= 0.3 is 12.3 Å². The molecule has 1 saturated heterocycles. The van der Waals surface area contributed by atoms with Gasteiger partial charge in [0, 0.05) is 47.7 Å². The predicted octanol–water partition coefficient (Wildman–Crippen LogP) is 3.65. The molecule has 0 spiro atoms. The van der Waals surface area contributed by atoms with Gasteiger partial charge in [0.2, 0.25) is 0 Å². The first-order valence-electron chi connectivity index (χ1n) is 14.4. The highest BCUT2D eigenvalue weighted by atomic mass is 127. The Balaban J connectivity index is 0.00000442. The molecule has 3 atom stereocenters. The first kappa shape index (κ1) is 34.9. The van der Waals surface area contributed by atoms with Crippen molar-refractivity contribution in [2.45, 2.75) is 57.5 Å². The Morgan fingerprint density at radius 3 is 2.66 bits per heavy atom. The maximum atomic E-state index is 13.3. The number of hydrogen-bond donors (Lipinski definition) is 3. The maximum Gasteiger partial charge on any atom is 0.434 e. The summed E-state index contributed by atoms with van der Waals surface area (Å²) < 4.78 is 46.2. The zero-order chi connectivity index (χ0) is 31.2. The van der Waals surface area contributed by atoms with E-state index in [4.69, 9.17) is 27.9 Å². The van der Waals surface area contributed by atoms with Gasteiger partial charge in [0.05, 0.1) is 31.2 Å². The molecular formula is C30H38Cl2F3IN6O2. The van der Waals surface area contributed by atoms with E-state index in [2.05, 4.69) is 32.5 Å². The number of carbonyl (C=O) groups is 1. The number of likely N-dealkylation sites (N-methyl/N-ethyl adjacent to an activating group) is 1. The fourth-order valence-corrected chi connectivity index (χ4v) is 6.67. The molecule has 242 valence electrons. The molecule has 14 heteroatoms. The summed E-state index contributed by atoms with van der Waals surface area (Å²) in [6.07, 6.45) is -3.39. The predicted molar refractivity (Wildman–Crippen MR) is 163 cm³/mol. The summed E-state index contributed by atoms with van der Waals surface area (Å²) in [4.78, 5) is 22.2. The summed E-state index contributed by atoms with van der Waals surface area (Å²) in [5.41, 5.74) is 1.74. The van der Waals surface area contributed by atoms with Crippen LogP contribution in [0.2, 0.25) is 10.0 Å². The number of nitrogens with zero attached hydrogens (tertiary/aromatic N) is 3. The van der Waals surface area contributed by atoms with Gasteiger partial charge in [-0.25, -0.2) is 9.78 Å². The quantitative estimate of drug-likeness (QED) is 0.253. The number of H-pyrrole nitrogens is 1. The Morgan fingerprint density at radius 2 is 1.95 bits per heavy atom. The molecule has 0 aliphatic carbocycles. The third-order valence-corrected chi connectivity index (χ3v) is 8.70. The number of benzene rings is 1. The highest BCUT2D eigenvalue weighted by Crippen LogP contribution is 2.38. The molecule has 44 heavy (non-hydrogen) atoms. The Kier molecular flexibility index (Phi) is 10.6. The molecule has 8 nitrogen and oxygen atoms in total. The number of hydrogen-bond acceptors (Lipinski definition) is 5. The van der Waals surface area contributed by atoms with Gasteiger partial charge < -0.3 is 48.8 Å². The second kappa shape index (κ2) is 13.4. The standard InChI is InChI=1S/C30H37Cl2F3N6O2.HI/c1-29(2,3)43-28(42)37-19-10-14-41(4,16-19)17-24-26-20(21-15-18(31)5-7-23(21)38-26)9-12-40(24)13-11-36-25-8-6-22(32)27(39-25)30(33,34)35;/h5-8,15,19,24,38H,9-14,16-17H2,1-4H3,(H-,36,37,39,42);1H. The molecule has 1 aromatic carbocycles. The van der Waals surface area contributed by atoms with E-state index in [1.165, 1.54) is 17.7 Å². The number of pyridine rings is 1. The lowest BCUT2D eigenvalue weighted by Gasteiger charge is -2.41. The molecule has 0 saturated carbocycles. The topological polar surface area (TPSA) is 82.3 Å². The average molecular weight is 769 g/mol. The molecule has 1 amide bonds. The Hall–Kier alpha value is -2.00. The summed E-state index contributed by atoms with van der Waals surface area (Å²) >= 11 is 12.1. The first-order chi connectivity index (χ1) is 20.1. The number of amides is 1. The van der Waals surface area contributed by atoms with Gasteiger partial charge in [-0.15, -0.1) is 0 Å². The van der Waals surface area contributed by atoms with Gasteiger partial charge in [0.15, 0.2) is 5.69 Å². The molecule has 2 aromatic heterocycles. The van der Waals surface area contributed by atoms with Crippen LogP contribution < -0.4 is 34.6 Å². The average Bonchev–Trinajstić information content (AvgIpc) is 3.44. The number of alkyl halides is 3. The molecule has 2 aliphatic rings. The minimum Gasteiger partial charge on any atom is -1.00 e. The summed E-state index contributed by atoms with van der Waals surface area (Å²) in [5, 5.41) is 7.46. The Morgan fingerprint density at radius 1 is 1.20 bits per heavy atom. The van der Waals surface area contributed by atoms with Crippen LogP contribution in [-0.4, -0.2) is 83.4 Å². The van der Waals surface area contributed by atoms with Crippen LogP contribution in [0.25, 0.3) is 10.9 Å². The largest absolute Gasteiger partial charge is 1.00 e. The van der Waals surface area contributed by atoms with Crippen molar-refractivity contribution < 1.29 is 51.2 Å². The lowest BCUT2D eigenvalue weighted by molar-refractivity contribution is -0.900. The van der Waals surface area contributed by atoms with E-state index >= 15 is 0 Å². The number of alkyl carbamates (subject to hydrolysis) is 1. The maximum absolute atomic E-state index is 13.3. The number of fused-ring (bicyclic) bond motifs is 3. The minimum atomic E-state index is -4.63. The Labute approximate surface area is 282 Å². The zero-order valence-corrected chi connectivity index (χ0v) is 28.8. The minimum absolute atomic E-state index is 0. The fourth-order valence-electron chi connectivity index (χ4n) is 6.29. The van der Waals surface area contributed by atoms with Crippen LogP contribution in [0, 0.1) is 0 Å². The highest BCUT2D eigenvalue weighted by Gasteiger charge is 2.42. The van der Waals surface area contributed by atoms with E-state index in [1.807, 2.05) is 39.0 Å². The molecule has 0 bridgehead atoms. The second-order valence-corrected chi connectivity index (χ2v) is 13.6. The van der Waals surface area contributed by atoms with Gasteiger partial charge in [-0.2, -0.15) is 13.2 Å². The molecule has 4 heterocycles. The molecule has 5 rings (SSSR count). The van der Waals surface area contributed by atoms with Crippen LogP contribution in [0.3, 0.4) is 0 Å². The number of ether oxygens (including phenoxy) is 1. The van der Waals surface area contributed by atoms with Gasteiger partial charge in [0.25, 0.3) is 0 Å². The van der Waals surface area contributed by atoms with Crippen molar-refractivity contribution in [1.82, 2.24) is 20.2 Å². The lowest BCUT2D eigenvalue weighted by Crippen LogP contribution is -3.00. The number of rotatable bonds is 7. The van der Waals surface area contributed by atoms with Crippen LogP contribution in [0.15, 0.2) is 30.3 Å². The smallest absolute Gasteiger partial charge is 0.434 e. The Bertz CT molecular complexity index is 1500. The van der Waals surface area contributed by atoms with E-state index in [-0.39, 0.29) is 41.9 Å². The third kappa shape index (κ3) is 8.23. The SMILES string of the molecule is CC(C)(C)OC(=O)NC1CC[N+](C)(CC2c3[nH]c4ccc(Cl)cc4c3CCN2CCNc2ccc(Cl)c(C(F)(F)F)n2)C1.[I-]. The van der Waals surface area contributed by atoms with E-state index in [0.717, 1.165) is 60.1 Å². The molecule has 3 N–H and O–H groups in total. The number of quaternary nitrogens is 1. The number of nitrogens with one attached hydrogen (secondary N) is 3. The van der Waals surface area contributed by atoms with Crippen molar-refractivity contribution >= 4 is 46.0 Å². The van der Waals surface area contributed by atoms with Gasteiger partial charge in [-0.1, -0.05) is 23.2 Å². The van der Waals surface area contributed by atoms with Crippen LogP contribution >= 0.6 is 23.2 Å². The molecule has 3 aromatic rings. The van der Waals surface area contributed by atoms with Crippen molar-refractivity contribution in [1.29, 1.82) is 0 Å². The third-order valence-electron chi connectivity index (χ3n) is 8.16. The van der Waals surface area contributed by atoms with E-state index in [9.17, 15) is 18.0 Å². The zero-order valence-electron chi connectivity index (χ0n) is 25.1. The van der Waals surface area contributed by atoms with Crippen LogP contribution in [0.4, 0.5) is 23.8 Å². The first-order valence-corrected chi connectivity index (χ1v) is 15.2. The number of likely N-dealkylation sites (tertiary alicyclic amines) is 1. The van der Waals surface area contributed by atoms with Crippen molar-refractivity contribution in [3.63, 3.8) is 0 Å². The lowest BCUT2D eigenvalue weighted by atomic mass is 9.96. The van der Waals surface area contributed by atoms with Crippen molar-refractivity contribution in [2.24, 2.45) is 0 Å². The summed E-state index contributed by atoms with van der Waals surface area (Å²) in [6.45, 7) is 9.74. The second-order valence-electron chi connectivity index (χ2n) is 12.8. The van der Waals surface area contributed by atoms with Crippen molar-refractivity contribution in [2.75, 3.05) is 51.6 Å². The summed E-state index contributed by atoms with van der Waals surface area (Å²) in [5.74, 6) is 0.126. The number of aromatic amines is 1. The van der Waals surface area contributed by atoms with Crippen LogP contribution in [0.5, 0.6) is 0 Å². The fraction of sp³-hybridized carbons (Fsp3) is 0.533. The summed E-state index contributed by atoms with van der Waals surface area (Å²) in [6, 6.07) is 8.56. The van der Waals surface area contributed by atoms with Crippen molar-refractivity contribution in [3.8, 4) is 0 Å². The van der Waals surface area contributed by atoms with Crippen molar-refractivity contribution in [3.05, 3.63) is 57.3 Å². The molecule has 1 fully saturated rings. The normalized spacial score (nSPS) is 22.4. The van der Waals surface area contributed by atoms with Gasteiger partial charge in [0.1, 0.15) is 24.0 Å². The van der Waals surface area contributed by atoms with E-state index in [1.54, 1.807) is 0 Å². The number of halogens is 6. The number of anilines is 1.